The third-order valence-corrected chi connectivity index (χ3v) is 4.25. The third kappa shape index (κ3) is 2.69. The lowest BCUT2D eigenvalue weighted by atomic mass is 10.0. The molecule has 1 aliphatic rings. The molecule has 1 fully saturated rings. The smallest absolute Gasteiger partial charge is 0.339 e. The van der Waals surface area contributed by atoms with Gasteiger partial charge in [0.15, 0.2) is 0 Å². The van der Waals surface area contributed by atoms with E-state index in [1.807, 2.05) is 24.3 Å². The SMILES string of the molecule is O=C(O)c1cnc2ccccc2c1NCC1(CCO)CC1. The molecule has 0 radical (unpaired) electrons. The van der Waals surface area contributed by atoms with E-state index in [1.54, 1.807) is 0 Å². The van der Waals surface area contributed by atoms with Crippen LogP contribution in [0.1, 0.15) is 29.6 Å². The second-order valence-corrected chi connectivity index (χ2v) is 5.70. The first-order valence-corrected chi connectivity index (χ1v) is 7.11. The minimum atomic E-state index is -0.984. The van der Waals surface area contributed by atoms with E-state index in [4.69, 9.17) is 5.11 Å². The van der Waals surface area contributed by atoms with Gasteiger partial charge in [-0.05, 0) is 30.7 Å². The molecule has 0 spiro atoms. The highest BCUT2D eigenvalue weighted by Crippen LogP contribution is 2.48. The quantitative estimate of drug-likeness (QED) is 0.760. The van der Waals surface area contributed by atoms with Crippen LogP contribution >= 0.6 is 0 Å². The number of nitrogens with zero attached hydrogens (tertiary/aromatic N) is 1. The van der Waals surface area contributed by atoms with Crippen molar-refractivity contribution >= 4 is 22.6 Å². The lowest BCUT2D eigenvalue weighted by molar-refractivity contribution is 0.0697. The maximum atomic E-state index is 11.4. The Balaban J connectivity index is 1.95. The number of anilines is 1. The van der Waals surface area contributed by atoms with E-state index in [0.717, 1.165) is 30.2 Å². The number of hydrogen-bond donors (Lipinski definition) is 3. The van der Waals surface area contributed by atoms with Crippen LogP contribution < -0.4 is 5.32 Å². The van der Waals surface area contributed by atoms with E-state index in [9.17, 15) is 9.90 Å². The lowest BCUT2D eigenvalue weighted by Crippen LogP contribution is -2.18. The summed E-state index contributed by atoms with van der Waals surface area (Å²) >= 11 is 0. The molecule has 0 unspecified atom stereocenters. The number of aliphatic hydroxyl groups excluding tert-OH is 1. The molecule has 0 bridgehead atoms. The number of pyridine rings is 1. The first-order valence-electron chi connectivity index (χ1n) is 7.11. The van der Waals surface area contributed by atoms with E-state index in [-0.39, 0.29) is 17.6 Å². The topological polar surface area (TPSA) is 82.5 Å². The summed E-state index contributed by atoms with van der Waals surface area (Å²) in [7, 11) is 0. The van der Waals surface area contributed by atoms with Crippen LogP contribution in [0.15, 0.2) is 30.5 Å². The standard InChI is InChI=1S/C16H18N2O3/c19-8-7-16(5-6-16)10-18-14-11-3-1-2-4-13(11)17-9-12(14)15(20)21/h1-4,9,19H,5-8,10H2,(H,17,18)(H,20,21). The highest BCUT2D eigenvalue weighted by Gasteiger charge is 2.41. The molecule has 2 aromatic rings. The molecule has 1 saturated carbocycles. The van der Waals surface area contributed by atoms with Crippen LogP contribution in [0.3, 0.4) is 0 Å². The molecule has 3 rings (SSSR count). The summed E-state index contributed by atoms with van der Waals surface area (Å²) in [6.45, 7) is 0.854. The van der Waals surface area contributed by atoms with Crippen molar-refractivity contribution in [3.8, 4) is 0 Å². The number of aromatic nitrogens is 1. The molecule has 110 valence electrons. The molecule has 1 aromatic carbocycles. The van der Waals surface area contributed by atoms with Crippen LogP contribution in [0.5, 0.6) is 0 Å². The zero-order chi connectivity index (χ0) is 14.9. The second kappa shape index (κ2) is 5.33. The van der Waals surface area contributed by atoms with Gasteiger partial charge in [0, 0.05) is 24.7 Å². The van der Waals surface area contributed by atoms with Crippen LogP contribution in [-0.4, -0.2) is 34.3 Å². The molecule has 0 amide bonds. The Morgan fingerprint density at radius 1 is 1.33 bits per heavy atom. The van der Waals surface area contributed by atoms with Crippen LogP contribution in [0.2, 0.25) is 0 Å². The van der Waals surface area contributed by atoms with Crippen molar-refractivity contribution in [1.82, 2.24) is 4.98 Å². The summed E-state index contributed by atoms with van der Waals surface area (Å²) in [5, 5.41) is 22.6. The lowest BCUT2D eigenvalue weighted by Gasteiger charge is -2.18. The molecule has 3 N–H and O–H groups in total. The molecule has 5 heteroatoms. The number of aliphatic hydroxyl groups is 1. The molecule has 1 aromatic heterocycles. The van der Waals surface area contributed by atoms with Crippen LogP contribution in [-0.2, 0) is 0 Å². The molecule has 0 atom stereocenters. The molecule has 0 aliphatic heterocycles. The van der Waals surface area contributed by atoms with Gasteiger partial charge in [0.1, 0.15) is 5.56 Å². The number of aromatic carboxylic acids is 1. The largest absolute Gasteiger partial charge is 0.478 e. The van der Waals surface area contributed by atoms with Gasteiger partial charge in [0.2, 0.25) is 0 Å². The van der Waals surface area contributed by atoms with Crippen molar-refractivity contribution in [2.45, 2.75) is 19.3 Å². The first kappa shape index (κ1) is 13.8. The summed E-state index contributed by atoms with van der Waals surface area (Å²) in [4.78, 5) is 15.6. The number of benzene rings is 1. The minimum absolute atomic E-state index is 0.120. The molecule has 1 heterocycles. The van der Waals surface area contributed by atoms with Gasteiger partial charge in [-0.15, -0.1) is 0 Å². The van der Waals surface area contributed by atoms with Gasteiger partial charge in [-0.1, -0.05) is 18.2 Å². The summed E-state index contributed by atoms with van der Waals surface area (Å²) in [5.41, 5.74) is 1.71. The number of rotatable bonds is 6. The number of hydrogen-bond acceptors (Lipinski definition) is 4. The Morgan fingerprint density at radius 2 is 2.10 bits per heavy atom. The fourth-order valence-corrected chi connectivity index (χ4v) is 2.70. The fraction of sp³-hybridized carbons (Fsp3) is 0.375. The fourth-order valence-electron chi connectivity index (χ4n) is 2.70. The average Bonchev–Trinajstić information content (AvgIpc) is 3.25. The van der Waals surface area contributed by atoms with Crippen molar-refractivity contribution in [2.75, 3.05) is 18.5 Å². The maximum Gasteiger partial charge on any atom is 0.339 e. The Labute approximate surface area is 122 Å². The third-order valence-electron chi connectivity index (χ3n) is 4.25. The first-order chi connectivity index (χ1) is 10.2. The van der Waals surface area contributed by atoms with E-state index in [1.165, 1.54) is 6.20 Å². The minimum Gasteiger partial charge on any atom is -0.478 e. The van der Waals surface area contributed by atoms with Gasteiger partial charge < -0.3 is 15.5 Å². The molecular weight excluding hydrogens is 268 g/mol. The summed E-state index contributed by atoms with van der Waals surface area (Å²) < 4.78 is 0. The van der Waals surface area contributed by atoms with Gasteiger partial charge in [-0.2, -0.15) is 0 Å². The Morgan fingerprint density at radius 3 is 2.76 bits per heavy atom. The van der Waals surface area contributed by atoms with Crippen molar-refractivity contribution in [3.05, 3.63) is 36.0 Å². The Bertz CT molecular complexity index is 680. The highest BCUT2D eigenvalue weighted by atomic mass is 16.4. The average molecular weight is 286 g/mol. The van der Waals surface area contributed by atoms with Crippen LogP contribution in [0.25, 0.3) is 10.9 Å². The molecule has 21 heavy (non-hydrogen) atoms. The molecule has 5 nitrogen and oxygen atoms in total. The molecule has 1 aliphatic carbocycles. The normalized spacial score (nSPS) is 15.9. The number of carbonyl (C=O) groups is 1. The van der Waals surface area contributed by atoms with Crippen molar-refractivity contribution in [1.29, 1.82) is 0 Å². The van der Waals surface area contributed by atoms with Crippen molar-refractivity contribution in [3.63, 3.8) is 0 Å². The molecule has 0 saturated heterocycles. The summed E-state index contributed by atoms with van der Waals surface area (Å²) in [6, 6.07) is 7.50. The van der Waals surface area contributed by atoms with Crippen molar-refractivity contribution < 1.29 is 15.0 Å². The van der Waals surface area contributed by atoms with Crippen LogP contribution in [0.4, 0.5) is 5.69 Å². The second-order valence-electron chi connectivity index (χ2n) is 5.70. The number of carboxylic acids is 1. The van der Waals surface area contributed by atoms with E-state index in [0.29, 0.717) is 12.2 Å². The number of carboxylic acid groups (broad SMARTS) is 1. The van der Waals surface area contributed by atoms with Gasteiger partial charge in [-0.3, -0.25) is 4.98 Å². The number of fused-ring (bicyclic) bond motifs is 1. The summed E-state index contributed by atoms with van der Waals surface area (Å²) in [5.74, 6) is -0.984. The van der Waals surface area contributed by atoms with Crippen LogP contribution in [0, 0.1) is 5.41 Å². The predicted molar refractivity (Wildman–Crippen MR) is 80.6 cm³/mol. The van der Waals surface area contributed by atoms with E-state index < -0.39 is 5.97 Å². The zero-order valence-corrected chi connectivity index (χ0v) is 11.7. The molecular formula is C16H18N2O3. The predicted octanol–water partition coefficient (Wildman–Crippen LogP) is 2.51. The van der Waals surface area contributed by atoms with Gasteiger partial charge in [-0.25, -0.2) is 4.79 Å². The maximum absolute atomic E-state index is 11.4. The Hall–Kier alpha value is -2.14. The number of nitrogens with one attached hydrogen (secondary N) is 1. The van der Waals surface area contributed by atoms with E-state index in [2.05, 4.69) is 10.3 Å². The van der Waals surface area contributed by atoms with E-state index >= 15 is 0 Å². The summed E-state index contributed by atoms with van der Waals surface area (Å²) in [6.07, 6.45) is 4.31. The Kier molecular flexibility index (Phi) is 3.51. The van der Waals surface area contributed by atoms with Gasteiger partial charge in [0.25, 0.3) is 0 Å². The highest BCUT2D eigenvalue weighted by molar-refractivity contribution is 6.04. The van der Waals surface area contributed by atoms with Gasteiger partial charge >= 0.3 is 5.97 Å². The van der Waals surface area contributed by atoms with Crippen molar-refractivity contribution in [2.24, 2.45) is 5.41 Å². The number of para-hydroxylation sites is 1. The zero-order valence-electron chi connectivity index (χ0n) is 11.7. The monoisotopic (exact) mass is 286 g/mol. The van der Waals surface area contributed by atoms with Gasteiger partial charge in [0.05, 0.1) is 11.2 Å².